The third-order valence-electron chi connectivity index (χ3n) is 4.34. The zero-order valence-corrected chi connectivity index (χ0v) is 15.7. The summed E-state index contributed by atoms with van der Waals surface area (Å²) in [6.07, 6.45) is 1.02. The number of nitrogens with one attached hydrogen (secondary N) is 2. The number of anilines is 2. The molecular weight excluding hydrogens is 320 g/mol. The van der Waals surface area contributed by atoms with Gasteiger partial charge in [-0.15, -0.1) is 0 Å². The lowest BCUT2D eigenvalue weighted by Crippen LogP contribution is -2.16. The van der Waals surface area contributed by atoms with Crippen molar-refractivity contribution in [3.8, 4) is 11.3 Å². The predicted molar refractivity (Wildman–Crippen MR) is 109 cm³/mol. The maximum atomic E-state index is 4.70. The molecule has 0 amide bonds. The SMILES string of the molecule is CC[C@@H](C)Nc1nc(NCc2cccc(C)c2)cc(-c2ccccc2)n1. The molecule has 4 nitrogen and oxygen atoms in total. The van der Waals surface area contributed by atoms with Crippen LogP contribution in [-0.4, -0.2) is 16.0 Å². The van der Waals surface area contributed by atoms with Crippen LogP contribution in [0.2, 0.25) is 0 Å². The number of aromatic nitrogens is 2. The first kappa shape index (κ1) is 17.9. The Morgan fingerprint density at radius 1 is 0.962 bits per heavy atom. The summed E-state index contributed by atoms with van der Waals surface area (Å²) < 4.78 is 0. The van der Waals surface area contributed by atoms with Gasteiger partial charge in [-0.2, -0.15) is 4.98 Å². The Balaban J connectivity index is 1.86. The number of aryl methyl sites for hydroxylation is 1. The molecule has 26 heavy (non-hydrogen) atoms. The Bertz CT molecular complexity index is 846. The normalized spacial score (nSPS) is 11.8. The highest BCUT2D eigenvalue weighted by Crippen LogP contribution is 2.22. The molecule has 2 N–H and O–H groups in total. The second kappa shape index (κ2) is 8.48. The summed E-state index contributed by atoms with van der Waals surface area (Å²) in [7, 11) is 0. The van der Waals surface area contributed by atoms with Gasteiger partial charge in [0.2, 0.25) is 5.95 Å². The fraction of sp³-hybridized carbons (Fsp3) is 0.273. The van der Waals surface area contributed by atoms with E-state index in [1.165, 1.54) is 11.1 Å². The minimum absolute atomic E-state index is 0.325. The lowest BCUT2D eigenvalue weighted by atomic mass is 10.1. The van der Waals surface area contributed by atoms with Crippen LogP contribution in [0.5, 0.6) is 0 Å². The lowest BCUT2D eigenvalue weighted by Gasteiger charge is -2.15. The van der Waals surface area contributed by atoms with E-state index in [9.17, 15) is 0 Å². The van der Waals surface area contributed by atoms with Crippen LogP contribution in [0.3, 0.4) is 0 Å². The van der Waals surface area contributed by atoms with Crippen LogP contribution < -0.4 is 10.6 Å². The number of nitrogens with zero attached hydrogens (tertiary/aromatic N) is 2. The standard InChI is InChI=1S/C22H26N4/c1-4-17(3)24-22-25-20(19-11-6-5-7-12-19)14-21(26-22)23-15-18-10-8-9-16(2)13-18/h5-14,17H,4,15H2,1-3H3,(H2,23,24,25,26)/t17-/m1/s1. The molecule has 1 atom stereocenters. The maximum absolute atomic E-state index is 4.70. The van der Waals surface area contributed by atoms with Crippen molar-refractivity contribution < 1.29 is 0 Å². The predicted octanol–water partition coefficient (Wildman–Crippen LogP) is 5.27. The second-order valence-electron chi connectivity index (χ2n) is 6.62. The van der Waals surface area contributed by atoms with Crippen molar-refractivity contribution in [2.24, 2.45) is 0 Å². The van der Waals surface area contributed by atoms with Gasteiger partial charge in [-0.05, 0) is 25.8 Å². The maximum Gasteiger partial charge on any atom is 0.225 e. The van der Waals surface area contributed by atoms with Crippen LogP contribution in [0.1, 0.15) is 31.4 Å². The van der Waals surface area contributed by atoms with Gasteiger partial charge in [-0.3, -0.25) is 0 Å². The first-order valence-corrected chi connectivity index (χ1v) is 9.14. The second-order valence-corrected chi connectivity index (χ2v) is 6.62. The zero-order valence-electron chi connectivity index (χ0n) is 15.7. The number of rotatable bonds is 7. The molecule has 2 aromatic carbocycles. The van der Waals surface area contributed by atoms with Crippen LogP contribution in [0.25, 0.3) is 11.3 Å². The first-order chi connectivity index (χ1) is 12.6. The molecule has 0 fully saturated rings. The van der Waals surface area contributed by atoms with Gasteiger partial charge in [-0.1, -0.05) is 67.1 Å². The van der Waals surface area contributed by atoms with E-state index in [2.05, 4.69) is 72.8 Å². The Labute approximate surface area is 155 Å². The Kier molecular flexibility index (Phi) is 5.84. The lowest BCUT2D eigenvalue weighted by molar-refractivity contribution is 0.753. The van der Waals surface area contributed by atoms with Gasteiger partial charge in [0.1, 0.15) is 5.82 Å². The van der Waals surface area contributed by atoms with Crippen molar-refractivity contribution in [3.05, 3.63) is 71.8 Å². The Morgan fingerprint density at radius 3 is 2.50 bits per heavy atom. The smallest absolute Gasteiger partial charge is 0.225 e. The van der Waals surface area contributed by atoms with E-state index in [1.54, 1.807) is 0 Å². The van der Waals surface area contributed by atoms with Gasteiger partial charge < -0.3 is 10.6 Å². The van der Waals surface area contributed by atoms with Crippen LogP contribution in [-0.2, 0) is 6.54 Å². The van der Waals surface area contributed by atoms with E-state index in [0.29, 0.717) is 12.0 Å². The van der Waals surface area contributed by atoms with Gasteiger partial charge in [0, 0.05) is 24.2 Å². The largest absolute Gasteiger partial charge is 0.366 e. The monoisotopic (exact) mass is 346 g/mol. The quantitative estimate of drug-likeness (QED) is 0.611. The van der Waals surface area contributed by atoms with Crippen LogP contribution in [0.15, 0.2) is 60.7 Å². The summed E-state index contributed by atoms with van der Waals surface area (Å²) in [6, 6.07) is 21.0. The highest BCUT2D eigenvalue weighted by molar-refractivity contribution is 5.64. The molecule has 0 aliphatic rings. The van der Waals surface area contributed by atoms with Crippen molar-refractivity contribution >= 4 is 11.8 Å². The average molecular weight is 346 g/mol. The van der Waals surface area contributed by atoms with Gasteiger partial charge in [0.05, 0.1) is 5.69 Å². The van der Waals surface area contributed by atoms with Crippen molar-refractivity contribution in [3.63, 3.8) is 0 Å². The first-order valence-electron chi connectivity index (χ1n) is 9.14. The molecule has 0 saturated carbocycles. The molecule has 0 unspecified atom stereocenters. The highest BCUT2D eigenvalue weighted by atomic mass is 15.2. The third-order valence-corrected chi connectivity index (χ3v) is 4.34. The van der Waals surface area contributed by atoms with E-state index in [0.717, 1.165) is 30.0 Å². The molecule has 0 radical (unpaired) electrons. The van der Waals surface area contributed by atoms with Crippen LogP contribution in [0.4, 0.5) is 11.8 Å². The van der Waals surface area contributed by atoms with Gasteiger partial charge in [0.25, 0.3) is 0 Å². The van der Waals surface area contributed by atoms with Gasteiger partial charge >= 0.3 is 0 Å². The van der Waals surface area contributed by atoms with E-state index >= 15 is 0 Å². The van der Waals surface area contributed by atoms with Crippen LogP contribution >= 0.6 is 0 Å². The molecule has 0 spiro atoms. The minimum atomic E-state index is 0.325. The molecular formula is C22H26N4. The fourth-order valence-corrected chi connectivity index (χ4v) is 2.70. The number of hydrogen-bond acceptors (Lipinski definition) is 4. The van der Waals surface area contributed by atoms with E-state index in [-0.39, 0.29) is 0 Å². The van der Waals surface area contributed by atoms with Gasteiger partial charge in [-0.25, -0.2) is 4.98 Å². The Morgan fingerprint density at radius 2 is 1.77 bits per heavy atom. The molecule has 0 saturated heterocycles. The molecule has 0 aliphatic heterocycles. The summed E-state index contributed by atoms with van der Waals surface area (Å²) in [5.41, 5.74) is 4.50. The summed E-state index contributed by atoms with van der Waals surface area (Å²) in [5.74, 6) is 1.48. The molecule has 4 heteroatoms. The topological polar surface area (TPSA) is 49.8 Å². The molecule has 0 aliphatic carbocycles. The van der Waals surface area contributed by atoms with E-state index in [1.807, 2.05) is 24.3 Å². The van der Waals surface area contributed by atoms with Gasteiger partial charge in [0.15, 0.2) is 0 Å². The summed E-state index contributed by atoms with van der Waals surface area (Å²) >= 11 is 0. The fourth-order valence-electron chi connectivity index (χ4n) is 2.70. The summed E-state index contributed by atoms with van der Waals surface area (Å²) in [5, 5.41) is 6.83. The number of hydrogen-bond donors (Lipinski definition) is 2. The number of benzene rings is 2. The molecule has 1 heterocycles. The van der Waals surface area contributed by atoms with Crippen molar-refractivity contribution in [1.29, 1.82) is 0 Å². The Hall–Kier alpha value is -2.88. The molecule has 3 rings (SSSR count). The third kappa shape index (κ3) is 4.82. The highest BCUT2D eigenvalue weighted by Gasteiger charge is 2.09. The summed E-state index contributed by atoms with van der Waals surface area (Å²) in [4.78, 5) is 9.35. The molecule has 1 aromatic heterocycles. The van der Waals surface area contributed by atoms with Crippen molar-refractivity contribution in [2.45, 2.75) is 39.8 Å². The summed E-state index contributed by atoms with van der Waals surface area (Å²) in [6.45, 7) is 7.12. The van der Waals surface area contributed by atoms with E-state index < -0.39 is 0 Å². The minimum Gasteiger partial charge on any atom is -0.366 e. The molecule has 134 valence electrons. The molecule has 3 aromatic rings. The van der Waals surface area contributed by atoms with E-state index in [4.69, 9.17) is 4.98 Å². The average Bonchev–Trinajstić information content (AvgIpc) is 2.67. The van der Waals surface area contributed by atoms with Crippen LogP contribution in [0, 0.1) is 6.92 Å². The molecule has 0 bridgehead atoms. The van der Waals surface area contributed by atoms with Crippen molar-refractivity contribution in [1.82, 2.24) is 9.97 Å². The zero-order chi connectivity index (χ0) is 18.4. The van der Waals surface area contributed by atoms with Crippen molar-refractivity contribution in [2.75, 3.05) is 10.6 Å².